The van der Waals surface area contributed by atoms with Gasteiger partial charge in [-0.1, -0.05) is 17.3 Å². The number of esters is 1. The Morgan fingerprint density at radius 2 is 1.81 bits per heavy atom. The van der Waals surface area contributed by atoms with Crippen molar-refractivity contribution in [1.29, 1.82) is 0 Å². The number of rotatable bonds is 10. The van der Waals surface area contributed by atoms with Crippen LogP contribution in [0.1, 0.15) is 41.6 Å². The first-order valence-corrected chi connectivity index (χ1v) is 12.0. The van der Waals surface area contributed by atoms with Crippen molar-refractivity contribution >= 4 is 17.7 Å². The second kappa shape index (κ2) is 12.0. The molecular formula is C25H23F6NO4S. The number of aromatic nitrogens is 1. The van der Waals surface area contributed by atoms with Gasteiger partial charge in [-0.3, -0.25) is 4.79 Å². The average molecular weight is 548 g/mol. The maximum atomic E-state index is 14.1. The van der Waals surface area contributed by atoms with Gasteiger partial charge >= 0.3 is 12.1 Å². The van der Waals surface area contributed by atoms with E-state index in [-0.39, 0.29) is 34.8 Å². The molecule has 200 valence electrons. The highest BCUT2D eigenvalue weighted by Crippen LogP contribution is 2.39. The minimum absolute atomic E-state index is 0.00497. The smallest absolute Gasteiger partial charge is 0.396 e. The molecule has 0 amide bonds. The molecule has 1 heterocycles. The van der Waals surface area contributed by atoms with E-state index >= 15 is 0 Å². The Morgan fingerprint density at radius 1 is 1.14 bits per heavy atom. The molecule has 0 saturated heterocycles. The molecule has 12 heteroatoms. The third kappa shape index (κ3) is 6.67. The summed E-state index contributed by atoms with van der Waals surface area (Å²) in [5.41, 5.74) is 0.547. The van der Waals surface area contributed by atoms with E-state index in [0.717, 1.165) is 13.2 Å². The maximum Gasteiger partial charge on any atom is 0.396 e. The van der Waals surface area contributed by atoms with E-state index in [1.54, 1.807) is 6.92 Å². The molecule has 0 saturated carbocycles. The van der Waals surface area contributed by atoms with Gasteiger partial charge in [0, 0.05) is 28.4 Å². The van der Waals surface area contributed by atoms with Gasteiger partial charge in [0.25, 0.3) is 0 Å². The molecule has 0 aliphatic heterocycles. The summed E-state index contributed by atoms with van der Waals surface area (Å²) in [7, 11) is 1.02. The molecule has 37 heavy (non-hydrogen) atoms. The Balaban J connectivity index is 1.84. The van der Waals surface area contributed by atoms with Gasteiger partial charge in [-0.2, -0.15) is 13.2 Å². The van der Waals surface area contributed by atoms with Crippen LogP contribution in [0, 0.1) is 24.4 Å². The Kier molecular flexibility index (Phi) is 9.30. The highest BCUT2D eigenvalue weighted by atomic mass is 32.2. The number of hydrogen-bond donors (Lipinski definition) is 0. The van der Waals surface area contributed by atoms with Gasteiger partial charge in [-0.05, 0) is 43.2 Å². The monoisotopic (exact) mass is 547 g/mol. The molecule has 0 N–H and O–H groups in total. The van der Waals surface area contributed by atoms with Crippen LogP contribution in [0.25, 0.3) is 11.3 Å². The number of nitrogens with zero attached hydrogens (tertiary/aromatic N) is 1. The second-order valence-electron chi connectivity index (χ2n) is 7.97. The summed E-state index contributed by atoms with van der Waals surface area (Å²) in [5.74, 6) is -7.06. The summed E-state index contributed by atoms with van der Waals surface area (Å²) in [6.07, 6.45) is -5.47. The van der Waals surface area contributed by atoms with Crippen molar-refractivity contribution in [2.75, 3.05) is 13.7 Å². The van der Waals surface area contributed by atoms with E-state index in [0.29, 0.717) is 22.8 Å². The zero-order chi connectivity index (χ0) is 27.3. The molecule has 5 nitrogen and oxygen atoms in total. The summed E-state index contributed by atoms with van der Waals surface area (Å²) in [5, 5.41) is 3.99. The molecule has 0 fully saturated rings. The fraction of sp³-hybridized carbons (Fsp3) is 0.360. The molecule has 3 rings (SSSR count). The number of halogens is 6. The van der Waals surface area contributed by atoms with Crippen LogP contribution in [0.5, 0.6) is 0 Å². The van der Waals surface area contributed by atoms with Crippen LogP contribution >= 0.6 is 11.8 Å². The van der Waals surface area contributed by atoms with Gasteiger partial charge in [0.2, 0.25) is 0 Å². The van der Waals surface area contributed by atoms with Crippen molar-refractivity contribution in [1.82, 2.24) is 5.16 Å². The third-order valence-corrected chi connectivity index (χ3v) is 6.65. The lowest BCUT2D eigenvalue weighted by atomic mass is 9.95. The number of methoxy groups -OCH3 is 1. The Morgan fingerprint density at radius 3 is 2.41 bits per heavy atom. The topological polar surface area (TPSA) is 61.6 Å². The summed E-state index contributed by atoms with van der Waals surface area (Å²) in [6.45, 7) is 3.37. The van der Waals surface area contributed by atoms with E-state index in [2.05, 4.69) is 9.89 Å². The van der Waals surface area contributed by atoms with Crippen LogP contribution < -0.4 is 0 Å². The molecule has 0 aliphatic rings. The van der Waals surface area contributed by atoms with Gasteiger partial charge < -0.3 is 14.0 Å². The number of carbonyl (C=O) groups is 1. The standard InChI is InChI=1S/C25H23F6NO4S/c1-4-35-11-17-20(32-36-24(17)16-9-19(26)23(28)22(27)13(16)2)12-37-15-7-5-14(6-8-15)18(25(29,30)31)10-21(33)34-3/h5-9,18H,4,10-12H2,1-3H3. The van der Waals surface area contributed by atoms with Gasteiger partial charge in [0.15, 0.2) is 23.2 Å². The minimum atomic E-state index is -4.63. The van der Waals surface area contributed by atoms with E-state index in [1.807, 2.05) is 0 Å². The van der Waals surface area contributed by atoms with E-state index in [4.69, 9.17) is 9.26 Å². The molecule has 0 aliphatic carbocycles. The predicted molar refractivity (Wildman–Crippen MR) is 123 cm³/mol. The van der Waals surface area contributed by atoms with Crippen molar-refractivity contribution < 1.29 is 45.1 Å². The van der Waals surface area contributed by atoms with Crippen molar-refractivity contribution in [3.8, 4) is 11.3 Å². The fourth-order valence-electron chi connectivity index (χ4n) is 3.56. The number of alkyl halides is 3. The average Bonchev–Trinajstić information content (AvgIpc) is 3.27. The summed E-state index contributed by atoms with van der Waals surface area (Å²) < 4.78 is 97.2. The minimum Gasteiger partial charge on any atom is -0.469 e. The zero-order valence-corrected chi connectivity index (χ0v) is 20.9. The maximum absolute atomic E-state index is 14.1. The van der Waals surface area contributed by atoms with Gasteiger partial charge in [0.1, 0.15) is 0 Å². The summed E-state index contributed by atoms with van der Waals surface area (Å²) in [4.78, 5) is 12.0. The number of thioether (sulfide) groups is 1. The van der Waals surface area contributed by atoms with Crippen LogP contribution in [-0.4, -0.2) is 31.0 Å². The van der Waals surface area contributed by atoms with E-state index in [1.165, 1.54) is 43.0 Å². The first-order chi connectivity index (χ1) is 17.5. The van der Waals surface area contributed by atoms with Crippen LogP contribution in [0.3, 0.4) is 0 Å². The Labute approximate surface area is 213 Å². The molecule has 0 spiro atoms. The molecule has 0 bridgehead atoms. The molecule has 1 atom stereocenters. The normalized spacial score (nSPS) is 12.6. The number of ether oxygens (including phenoxy) is 2. The van der Waals surface area contributed by atoms with Crippen molar-refractivity contribution in [2.24, 2.45) is 0 Å². The van der Waals surface area contributed by atoms with Crippen molar-refractivity contribution in [3.05, 3.63) is 70.2 Å². The first-order valence-electron chi connectivity index (χ1n) is 11.0. The van der Waals surface area contributed by atoms with Crippen LogP contribution in [0.15, 0.2) is 39.8 Å². The van der Waals surface area contributed by atoms with E-state index < -0.39 is 41.9 Å². The number of carbonyl (C=O) groups excluding carboxylic acids is 1. The highest BCUT2D eigenvalue weighted by Gasteiger charge is 2.42. The molecule has 2 aromatic carbocycles. The highest BCUT2D eigenvalue weighted by molar-refractivity contribution is 7.98. The second-order valence-corrected chi connectivity index (χ2v) is 9.01. The van der Waals surface area contributed by atoms with E-state index in [9.17, 15) is 31.1 Å². The van der Waals surface area contributed by atoms with Crippen LogP contribution in [-0.2, 0) is 26.6 Å². The lowest BCUT2D eigenvalue weighted by molar-refractivity contribution is -0.164. The zero-order valence-electron chi connectivity index (χ0n) is 20.0. The summed E-state index contributed by atoms with van der Waals surface area (Å²) in [6, 6.07) is 6.35. The molecular weight excluding hydrogens is 524 g/mol. The lowest BCUT2D eigenvalue weighted by Gasteiger charge is -2.19. The van der Waals surface area contributed by atoms with Crippen LogP contribution in [0.2, 0.25) is 0 Å². The Bertz CT molecular complexity index is 1240. The van der Waals surface area contributed by atoms with Gasteiger partial charge in [-0.15, -0.1) is 11.8 Å². The fourth-order valence-corrected chi connectivity index (χ4v) is 4.42. The third-order valence-electron chi connectivity index (χ3n) is 5.62. The first kappa shape index (κ1) is 28.6. The van der Waals surface area contributed by atoms with Gasteiger partial charge in [-0.25, -0.2) is 13.2 Å². The largest absolute Gasteiger partial charge is 0.469 e. The van der Waals surface area contributed by atoms with Crippen molar-refractivity contribution in [2.45, 2.75) is 49.6 Å². The van der Waals surface area contributed by atoms with Gasteiger partial charge in [0.05, 0.1) is 31.7 Å². The number of hydrogen-bond acceptors (Lipinski definition) is 6. The number of benzene rings is 2. The summed E-state index contributed by atoms with van der Waals surface area (Å²) >= 11 is 1.23. The molecule has 0 radical (unpaired) electrons. The molecule has 1 aromatic heterocycles. The molecule has 1 unspecified atom stereocenters. The van der Waals surface area contributed by atoms with Crippen molar-refractivity contribution in [3.63, 3.8) is 0 Å². The Hall–Kier alpha value is -2.99. The predicted octanol–water partition coefficient (Wildman–Crippen LogP) is 7.11. The van der Waals surface area contributed by atoms with Crippen LogP contribution in [0.4, 0.5) is 26.3 Å². The SMILES string of the molecule is CCOCc1c(CSc2ccc(C(CC(=O)OC)C(F)(F)F)cc2)noc1-c1cc(F)c(F)c(F)c1C. The lowest BCUT2D eigenvalue weighted by Crippen LogP contribution is -2.24. The molecule has 3 aromatic rings. The quantitative estimate of drug-likeness (QED) is 0.117.